The number of carbonyl (C=O) groups is 2. The lowest BCUT2D eigenvalue weighted by Gasteiger charge is -2.38. The number of piperazine rings is 1. The van der Waals surface area contributed by atoms with Gasteiger partial charge in [-0.05, 0) is 12.1 Å². The Labute approximate surface area is 147 Å². The Morgan fingerprint density at radius 2 is 1.76 bits per heavy atom. The standard InChI is InChI=1S/C17H26N4O4/c1-18(13-15-3-2-10-25-15)16(22)14-19-4-6-20(7-5-19)17(23)21-8-11-24-12-9-21/h2-3,10H,4-9,11-14H2,1H3. The minimum absolute atomic E-state index is 0.0596. The number of hydrogen-bond donors (Lipinski definition) is 0. The first-order chi connectivity index (χ1) is 12.1. The van der Waals surface area contributed by atoms with Gasteiger partial charge < -0.3 is 23.9 Å². The van der Waals surface area contributed by atoms with Gasteiger partial charge in [0, 0.05) is 46.3 Å². The Hall–Kier alpha value is -2.06. The summed E-state index contributed by atoms with van der Waals surface area (Å²) in [7, 11) is 1.78. The monoisotopic (exact) mass is 350 g/mol. The van der Waals surface area contributed by atoms with Crippen LogP contribution in [0.15, 0.2) is 22.8 Å². The molecule has 0 bridgehead atoms. The predicted octanol–water partition coefficient (Wildman–Crippen LogP) is 0.308. The molecule has 3 amide bonds. The zero-order valence-corrected chi connectivity index (χ0v) is 14.7. The number of hydrogen-bond acceptors (Lipinski definition) is 5. The Morgan fingerprint density at radius 3 is 2.40 bits per heavy atom. The average Bonchev–Trinajstić information content (AvgIpc) is 3.15. The summed E-state index contributed by atoms with van der Waals surface area (Å²) in [6.45, 7) is 6.15. The fourth-order valence-corrected chi connectivity index (χ4v) is 3.09. The summed E-state index contributed by atoms with van der Waals surface area (Å²) in [5, 5.41) is 0. The molecular formula is C17H26N4O4. The average molecular weight is 350 g/mol. The van der Waals surface area contributed by atoms with Crippen LogP contribution in [0.1, 0.15) is 5.76 Å². The number of amides is 3. The zero-order chi connectivity index (χ0) is 17.6. The molecule has 8 heteroatoms. The van der Waals surface area contributed by atoms with Crippen molar-refractivity contribution >= 4 is 11.9 Å². The third-order valence-corrected chi connectivity index (χ3v) is 4.68. The van der Waals surface area contributed by atoms with E-state index in [1.165, 1.54) is 0 Å². The number of likely N-dealkylation sites (N-methyl/N-ethyl adjacent to an activating group) is 1. The van der Waals surface area contributed by atoms with Crippen molar-refractivity contribution < 1.29 is 18.7 Å². The summed E-state index contributed by atoms with van der Waals surface area (Å²) in [5.74, 6) is 0.834. The van der Waals surface area contributed by atoms with Crippen LogP contribution >= 0.6 is 0 Å². The number of carbonyl (C=O) groups excluding carboxylic acids is 2. The number of urea groups is 1. The minimum Gasteiger partial charge on any atom is -0.467 e. The second-order valence-electron chi connectivity index (χ2n) is 6.47. The molecule has 25 heavy (non-hydrogen) atoms. The molecular weight excluding hydrogens is 324 g/mol. The largest absolute Gasteiger partial charge is 0.467 e. The van der Waals surface area contributed by atoms with E-state index in [2.05, 4.69) is 4.90 Å². The minimum atomic E-state index is 0.0596. The van der Waals surface area contributed by atoms with Gasteiger partial charge in [-0.3, -0.25) is 9.69 Å². The summed E-state index contributed by atoms with van der Waals surface area (Å²) in [4.78, 5) is 32.3. The third kappa shape index (κ3) is 4.73. The van der Waals surface area contributed by atoms with Crippen molar-refractivity contribution in [3.05, 3.63) is 24.2 Å². The van der Waals surface area contributed by atoms with Gasteiger partial charge in [-0.25, -0.2) is 4.79 Å². The summed E-state index contributed by atoms with van der Waals surface area (Å²) >= 11 is 0. The number of morpholine rings is 1. The van der Waals surface area contributed by atoms with E-state index in [4.69, 9.17) is 9.15 Å². The van der Waals surface area contributed by atoms with Crippen LogP contribution in [0.2, 0.25) is 0 Å². The normalized spacial score (nSPS) is 19.1. The molecule has 2 aliphatic heterocycles. The molecule has 1 aromatic heterocycles. The van der Waals surface area contributed by atoms with Gasteiger partial charge in [0.1, 0.15) is 5.76 Å². The van der Waals surface area contributed by atoms with Crippen LogP contribution in [0.3, 0.4) is 0 Å². The lowest BCUT2D eigenvalue weighted by Crippen LogP contribution is -2.55. The van der Waals surface area contributed by atoms with E-state index in [0.29, 0.717) is 52.5 Å². The van der Waals surface area contributed by atoms with Crippen molar-refractivity contribution in [2.45, 2.75) is 6.54 Å². The second kappa shape index (κ2) is 8.35. The molecule has 0 N–H and O–H groups in total. The van der Waals surface area contributed by atoms with E-state index in [9.17, 15) is 9.59 Å². The lowest BCUT2D eigenvalue weighted by atomic mass is 10.3. The first-order valence-electron chi connectivity index (χ1n) is 8.74. The van der Waals surface area contributed by atoms with Crippen LogP contribution < -0.4 is 0 Å². The molecule has 8 nitrogen and oxygen atoms in total. The molecule has 0 unspecified atom stereocenters. The molecule has 0 radical (unpaired) electrons. The maximum atomic E-state index is 12.5. The summed E-state index contributed by atoms with van der Waals surface area (Å²) in [6, 6.07) is 3.77. The van der Waals surface area contributed by atoms with Gasteiger partial charge in [-0.2, -0.15) is 0 Å². The van der Waals surface area contributed by atoms with Crippen LogP contribution in [0.4, 0.5) is 4.79 Å². The van der Waals surface area contributed by atoms with Gasteiger partial charge in [-0.1, -0.05) is 0 Å². The van der Waals surface area contributed by atoms with Crippen LogP contribution in [0, 0.1) is 0 Å². The van der Waals surface area contributed by atoms with Crippen molar-refractivity contribution in [1.82, 2.24) is 19.6 Å². The smallest absolute Gasteiger partial charge is 0.320 e. The fraction of sp³-hybridized carbons (Fsp3) is 0.647. The van der Waals surface area contributed by atoms with Crippen LogP contribution in [-0.4, -0.2) is 97.6 Å². The first kappa shape index (κ1) is 17.8. The zero-order valence-electron chi connectivity index (χ0n) is 14.7. The van der Waals surface area contributed by atoms with Crippen molar-refractivity contribution in [1.29, 1.82) is 0 Å². The van der Waals surface area contributed by atoms with Gasteiger partial charge in [0.2, 0.25) is 5.91 Å². The van der Waals surface area contributed by atoms with Crippen molar-refractivity contribution in [3.63, 3.8) is 0 Å². The molecule has 1 aromatic rings. The summed E-state index contributed by atoms with van der Waals surface area (Å²) in [6.07, 6.45) is 1.61. The van der Waals surface area contributed by atoms with E-state index >= 15 is 0 Å². The predicted molar refractivity (Wildman–Crippen MR) is 91.0 cm³/mol. The highest BCUT2D eigenvalue weighted by molar-refractivity contribution is 5.78. The SMILES string of the molecule is CN(Cc1ccco1)C(=O)CN1CCN(C(=O)N2CCOCC2)CC1. The van der Waals surface area contributed by atoms with E-state index in [-0.39, 0.29) is 11.9 Å². The number of ether oxygens (including phenoxy) is 1. The molecule has 0 spiro atoms. The number of nitrogens with zero attached hydrogens (tertiary/aromatic N) is 4. The quantitative estimate of drug-likeness (QED) is 0.782. The molecule has 3 heterocycles. The molecule has 138 valence electrons. The molecule has 3 rings (SSSR count). The topological polar surface area (TPSA) is 69.5 Å². The van der Waals surface area contributed by atoms with E-state index in [0.717, 1.165) is 18.8 Å². The maximum absolute atomic E-state index is 12.5. The molecule has 0 aliphatic carbocycles. The maximum Gasteiger partial charge on any atom is 0.320 e. The van der Waals surface area contributed by atoms with Gasteiger partial charge in [-0.15, -0.1) is 0 Å². The molecule has 2 aliphatic rings. The Morgan fingerprint density at radius 1 is 1.08 bits per heavy atom. The van der Waals surface area contributed by atoms with Gasteiger partial charge >= 0.3 is 6.03 Å². The second-order valence-corrected chi connectivity index (χ2v) is 6.47. The number of furan rings is 1. The fourth-order valence-electron chi connectivity index (χ4n) is 3.09. The van der Waals surface area contributed by atoms with Crippen LogP contribution in [0.25, 0.3) is 0 Å². The Bertz CT molecular complexity index is 563. The van der Waals surface area contributed by atoms with Gasteiger partial charge in [0.25, 0.3) is 0 Å². The van der Waals surface area contributed by atoms with Crippen LogP contribution in [0.5, 0.6) is 0 Å². The van der Waals surface area contributed by atoms with Crippen molar-refractivity contribution in [3.8, 4) is 0 Å². The molecule has 0 aromatic carbocycles. The Balaban J connectivity index is 1.41. The molecule has 2 fully saturated rings. The van der Waals surface area contributed by atoms with Gasteiger partial charge in [0.15, 0.2) is 0 Å². The summed E-state index contributed by atoms with van der Waals surface area (Å²) in [5.41, 5.74) is 0. The summed E-state index contributed by atoms with van der Waals surface area (Å²) < 4.78 is 10.6. The Kier molecular flexibility index (Phi) is 5.93. The lowest BCUT2D eigenvalue weighted by molar-refractivity contribution is -0.132. The highest BCUT2D eigenvalue weighted by Crippen LogP contribution is 2.09. The molecule has 2 saturated heterocycles. The van der Waals surface area contributed by atoms with E-state index < -0.39 is 0 Å². The molecule has 0 saturated carbocycles. The highest BCUT2D eigenvalue weighted by atomic mass is 16.5. The third-order valence-electron chi connectivity index (χ3n) is 4.68. The molecule has 0 atom stereocenters. The highest BCUT2D eigenvalue weighted by Gasteiger charge is 2.27. The van der Waals surface area contributed by atoms with Gasteiger partial charge in [0.05, 0.1) is 32.6 Å². The van der Waals surface area contributed by atoms with E-state index in [1.807, 2.05) is 21.9 Å². The van der Waals surface area contributed by atoms with Crippen molar-refractivity contribution in [2.24, 2.45) is 0 Å². The first-order valence-corrected chi connectivity index (χ1v) is 8.74. The van der Waals surface area contributed by atoms with E-state index in [1.54, 1.807) is 18.2 Å². The van der Waals surface area contributed by atoms with Crippen molar-refractivity contribution in [2.75, 3.05) is 66.1 Å². The van der Waals surface area contributed by atoms with Crippen LogP contribution in [-0.2, 0) is 16.1 Å². The number of rotatable bonds is 4.